The zero-order valence-electron chi connectivity index (χ0n) is 9.45. The molecule has 0 spiro atoms. The molecule has 0 bridgehead atoms. The average molecular weight is 204 g/mol. The second kappa shape index (κ2) is 4.56. The van der Waals surface area contributed by atoms with E-state index in [4.69, 9.17) is 5.73 Å². The molecule has 1 aliphatic carbocycles. The molecule has 2 rings (SSSR count). The number of benzene rings is 1. The van der Waals surface area contributed by atoms with E-state index in [0.29, 0.717) is 0 Å². The summed E-state index contributed by atoms with van der Waals surface area (Å²) in [5, 5.41) is 0. The van der Waals surface area contributed by atoms with Crippen LogP contribution in [0.15, 0.2) is 24.3 Å². The van der Waals surface area contributed by atoms with E-state index in [1.165, 1.54) is 31.5 Å². The van der Waals surface area contributed by atoms with Crippen LogP contribution in [-0.2, 0) is 0 Å². The Morgan fingerprint density at radius 1 is 1.33 bits per heavy atom. The first-order valence-electron chi connectivity index (χ1n) is 5.90. The number of hydrogen-bond donors (Lipinski definition) is 1. The number of hydrogen-bond acceptors (Lipinski definition) is 2. The Bertz CT molecular complexity index is 318. The van der Waals surface area contributed by atoms with Gasteiger partial charge in [-0.15, -0.1) is 0 Å². The third-order valence-corrected chi connectivity index (χ3v) is 3.36. The van der Waals surface area contributed by atoms with E-state index < -0.39 is 0 Å². The van der Waals surface area contributed by atoms with Crippen molar-refractivity contribution in [3.8, 4) is 0 Å². The molecule has 0 atom stereocenters. The van der Waals surface area contributed by atoms with Crippen LogP contribution >= 0.6 is 0 Å². The van der Waals surface area contributed by atoms with Crippen LogP contribution in [-0.4, -0.2) is 13.1 Å². The smallest absolute Gasteiger partial charge is 0.0599 e. The minimum atomic E-state index is 0.893. The van der Waals surface area contributed by atoms with Gasteiger partial charge in [-0.2, -0.15) is 0 Å². The number of nitrogens with two attached hydrogens (primary N) is 1. The normalized spacial score (nSPS) is 16.1. The zero-order valence-corrected chi connectivity index (χ0v) is 9.45. The Morgan fingerprint density at radius 3 is 2.60 bits per heavy atom. The van der Waals surface area contributed by atoms with Gasteiger partial charge in [0.25, 0.3) is 0 Å². The van der Waals surface area contributed by atoms with Gasteiger partial charge in [0.05, 0.1) is 11.4 Å². The summed E-state index contributed by atoms with van der Waals surface area (Å²) in [6.07, 6.45) is 4.19. The van der Waals surface area contributed by atoms with Crippen molar-refractivity contribution < 1.29 is 0 Å². The van der Waals surface area contributed by atoms with Gasteiger partial charge < -0.3 is 10.6 Å². The molecule has 0 radical (unpaired) electrons. The molecule has 1 aliphatic rings. The predicted molar refractivity (Wildman–Crippen MR) is 66.1 cm³/mol. The van der Waals surface area contributed by atoms with E-state index in [1.54, 1.807) is 0 Å². The van der Waals surface area contributed by atoms with Gasteiger partial charge >= 0.3 is 0 Å². The second-order valence-corrected chi connectivity index (χ2v) is 4.39. The van der Waals surface area contributed by atoms with Gasteiger partial charge in [-0.3, -0.25) is 0 Å². The molecule has 15 heavy (non-hydrogen) atoms. The number of para-hydroxylation sites is 2. The molecule has 0 saturated heterocycles. The molecule has 0 aromatic heterocycles. The molecule has 82 valence electrons. The standard InChI is InChI=1S/C13H20N2/c1-2-15(10-11-6-5-7-11)13-9-4-3-8-12(13)14/h3-4,8-9,11H,2,5-7,10,14H2,1H3. The average Bonchev–Trinajstić information content (AvgIpc) is 2.19. The van der Waals surface area contributed by atoms with Crippen molar-refractivity contribution >= 4 is 11.4 Å². The van der Waals surface area contributed by atoms with Crippen LogP contribution in [0.2, 0.25) is 0 Å². The Hall–Kier alpha value is -1.18. The fourth-order valence-electron chi connectivity index (χ4n) is 2.16. The summed E-state index contributed by atoms with van der Waals surface area (Å²) in [4.78, 5) is 2.40. The van der Waals surface area contributed by atoms with Crippen molar-refractivity contribution in [2.24, 2.45) is 5.92 Å². The van der Waals surface area contributed by atoms with Crippen LogP contribution in [0.25, 0.3) is 0 Å². The van der Waals surface area contributed by atoms with Crippen molar-refractivity contribution in [2.75, 3.05) is 23.7 Å². The minimum Gasteiger partial charge on any atom is -0.397 e. The molecular weight excluding hydrogens is 184 g/mol. The summed E-state index contributed by atoms with van der Waals surface area (Å²) < 4.78 is 0. The molecule has 1 aromatic carbocycles. The van der Waals surface area contributed by atoms with Crippen LogP contribution in [0.3, 0.4) is 0 Å². The van der Waals surface area contributed by atoms with Crippen LogP contribution < -0.4 is 10.6 Å². The van der Waals surface area contributed by atoms with Crippen molar-refractivity contribution in [2.45, 2.75) is 26.2 Å². The third-order valence-electron chi connectivity index (χ3n) is 3.36. The lowest BCUT2D eigenvalue weighted by atomic mass is 9.85. The topological polar surface area (TPSA) is 29.3 Å². The molecule has 1 fully saturated rings. The molecule has 1 saturated carbocycles. The Morgan fingerprint density at radius 2 is 2.07 bits per heavy atom. The molecule has 0 amide bonds. The maximum atomic E-state index is 5.99. The lowest BCUT2D eigenvalue weighted by molar-refractivity contribution is 0.318. The largest absolute Gasteiger partial charge is 0.397 e. The van der Waals surface area contributed by atoms with Crippen molar-refractivity contribution in [1.29, 1.82) is 0 Å². The van der Waals surface area contributed by atoms with Crippen molar-refractivity contribution in [1.82, 2.24) is 0 Å². The predicted octanol–water partition coefficient (Wildman–Crippen LogP) is 2.90. The monoisotopic (exact) mass is 204 g/mol. The van der Waals surface area contributed by atoms with Gasteiger partial charge in [0.1, 0.15) is 0 Å². The van der Waals surface area contributed by atoms with Gasteiger partial charge in [0.2, 0.25) is 0 Å². The molecule has 0 heterocycles. The fraction of sp³-hybridized carbons (Fsp3) is 0.538. The van der Waals surface area contributed by atoms with Crippen molar-refractivity contribution in [3.63, 3.8) is 0 Å². The molecule has 2 heteroatoms. The maximum absolute atomic E-state index is 5.99. The molecule has 1 aromatic rings. The highest BCUT2D eigenvalue weighted by Gasteiger charge is 2.20. The van der Waals surface area contributed by atoms with Crippen LogP contribution in [0.5, 0.6) is 0 Å². The van der Waals surface area contributed by atoms with Gasteiger partial charge in [-0.1, -0.05) is 18.6 Å². The first kappa shape index (κ1) is 10.3. The number of rotatable bonds is 4. The summed E-state index contributed by atoms with van der Waals surface area (Å²) in [6, 6.07) is 8.17. The Balaban J connectivity index is 2.07. The van der Waals surface area contributed by atoms with Gasteiger partial charge in [-0.05, 0) is 37.8 Å². The Kier molecular flexibility index (Phi) is 3.14. The van der Waals surface area contributed by atoms with E-state index in [0.717, 1.165) is 18.2 Å². The second-order valence-electron chi connectivity index (χ2n) is 4.39. The molecule has 0 unspecified atom stereocenters. The molecule has 0 aliphatic heterocycles. The van der Waals surface area contributed by atoms with E-state index in [9.17, 15) is 0 Å². The van der Waals surface area contributed by atoms with Crippen molar-refractivity contribution in [3.05, 3.63) is 24.3 Å². The SMILES string of the molecule is CCN(CC1CCC1)c1ccccc1N. The van der Waals surface area contributed by atoms with E-state index >= 15 is 0 Å². The lowest BCUT2D eigenvalue weighted by Crippen LogP contribution is -2.32. The lowest BCUT2D eigenvalue weighted by Gasteiger charge is -2.33. The number of nitrogen functional groups attached to an aromatic ring is 1. The summed E-state index contributed by atoms with van der Waals surface area (Å²) in [5.74, 6) is 0.893. The molecular formula is C13H20N2. The van der Waals surface area contributed by atoms with Gasteiger partial charge in [0, 0.05) is 13.1 Å². The first-order chi connectivity index (χ1) is 7.31. The quantitative estimate of drug-likeness (QED) is 0.764. The summed E-state index contributed by atoms with van der Waals surface area (Å²) in [7, 11) is 0. The number of nitrogens with zero attached hydrogens (tertiary/aromatic N) is 1. The summed E-state index contributed by atoms with van der Waals surface area (Å²) in [6.45, 7) is 4.42. The molecule has 2 N–H and O–H groups in total. The van der Waals surface area contributed by atoms with Crippen LogP contribution in [0, 0.1) is 5.92 Å². The molecule has 2 nitrogen and oxygen atoms in total. The van der Waals surface area contributed by atoms with Gasteiger partial charge in [-0.25, -0.2) is 0 Å². The first-order valence-corrected chi connectivity index (χ1v) is 5.90. The summed E-state index contributed by atoms with van der Waals surface area (Å²) in [5.41, 5.74) is 8.09. The van der Waals surface area contributed by atoms with E-state index in [1.807, 2.05) is 12.1 Å². The highest BCUT2D eigenvalue weighted by atomic mass is 15.1. The highest BCUT2D eigenvalue weighted by molar-refractivity contribution is 5.67. The van der Waals surface area contributed by atoms with E-state index in [2.05, 4.69) is 24.0 Å². The van der Waals surface area contributed by atoms with Crippen LogP contribution in [0.4, 0.5) is 11.4 Å². The zero-order chi connectivity index (χ0) is 10.7. The van der Waals surface area contributed by atoms with E-state index in [-0.39, 0.29) is 0 Å². The summed E-state index contributed by atoms with van der Waals surface area (Å²) >= 11 is 0. The Labute approximate surface area is 92.1 Å². The maximum Gasteiger partial charge on any atom is 0.0599 e. The van der Waals surface area contributed by atoms with Gasteiger partial charge in [0.15, 0.2) is 0 Å². The van der Waals surface area contributed by atoms with Crippen LogP contribution in [0.1, 0.15) is 26.2 Å². The number of anilines is 2. The minimum absolute atomic E-state index is 0.893. The highest BCUT2D eigenvalue weighted by Crippen LogP contribution is 2.30. The fourth-order valence-corrected chi connectivity index (χ4v) is 2.16. The third kappa shape index (κ3) is 2.25.